The summed E-state index contributed by atoms with van der Waals surface area (Å²) in [7, 11) is 0. The van der Waals surface area contributed by atoms with Crippen molar-refractivity contribution in [1.82, 2.24) is 5.43 Å². The van der Waals surface area contributed by atoms with Crippen molar-refractivity contribution in [2.24, 2.45) is 5.10 Å². The van der Waals surface area contributed by atoms with Gasteiger partial charge in [0.05, 0.1) is 10.6 Å². The molecular formula is C14H21ClN2OS. The van der Waals surface area contributed by atoms with Gasteiger partial charge in [-0.1, -0.05) is 50.6 Å². The predicted octanol–water partition coefficient (Wildman–Crippen LogP) is 4.60. The first kappa shape index (κ1) is 16.2. The second kappa shape index (κ2) is 9.98. The zero-order chi connectivity index (χ0) is 13.9. The Hall–Kier alpha value is -0.870. The molecule has 106 valence electrons. The summed E-state index contributed by atoms with van der Waals surface area (Å²) in [5.41, 5.74) is 2.54. The van der Waals surface area contributed by atoms with Crippen molar-refractivity contribution < 1.29 is 4.79 Å². The van der Waals surface area contributed by atoms with E-state index in [9.17, 15) is 4.79 Å². The molecule has 0 aromatic carbocycles. The van der Waals surface area contributed by atoms with Crippen molar-refractivity contribution in [3.05, 3.63) is 21.3 Å². The Morgan fingerprint density at radius 3 is 2.74 bits per heavy atom. The Kier molecular flexibility index (Phi) is 8.50. The summed E-state index contributed by atoms with van der Waals surface area (Å²) in [6, 6.07) is 3.68. The van der Waals surface area contributed by atoms with E-state index in [2.05, 4.69) is 17.5 Å². The molecule has 0 fully saturated rings. The molecule has 0 saturated carbocycles. The molecule has 0 aliphatic heterocycles. The maximum Gasteiger partial charge on any atom is 0.240 e. The monoisotopic (exact) mass is 300 g/mol. The number of nitrogens with zero attached hydrogens (tertiary/aromatic N) is 1. The molecule has 0 saturated heterocycles. The first-order valence-corrected chi connectivity index (χ1v) is 7.99. The number of thiophene rings is 1. The van der Waals surface area contributed by atoms with Crippen LogP contribution >= 0.6 is 22.9 Å². The molecule has 19 heavy (non-hydrogen) atoms. The lowest BCUT2D eigenvalue weighted by atomic mass is 10.1. The van der Waals surface area contributed by atoms with Crippen LogP contribution in [0.3, 0.4) is 0 Å². The number of rotatable bonds is 9. The Labute approximate surface area is 124 Å². The molecule has 0 atom stereocenters. The van der Waals surface area contributed by atoms with E-state index in [4.69, 9.17) is 11.6 Å². The third kappa shape index (κ3) is 8.01. The molecule has 0 aliphatic rings. The van der Waals surface area contributed by atoms with Crippen molar-refractivity contribution in [2.75, 3.05) is 0 Å². The molecule has 1 rings (SSSR count). The Morgan fingerprint density at radius 2 is 2.05 bits per heavy atom. The van der Waals surface area contributed by atoms with E-state index < -0.39 is 0 Å². The number of unbranched alkanes of at least 4 members (excludes halogenated alkanes) is 5. The second-order valence-corrected chi connectivity index (χ2v) is 6.20. The zero-order valence-electron chi connectivity index (χ0n) is 11.3. The topological polar surface area (TPSA) is 41.5 Å². The van der Waals surface area contributed by atoms with Crippen LogP contribution in [0.5, 0.6) is 0 Å². The summed E-state index contributed by atoms with van der Waals surface area (Å²) < 4.78 is 0.722. The fourth-order valence-electron chi connectivity index (χ4n) is 1.69. The molecule has 1 heterocycles. The van der Waals surface area contributed by atoms with Crippen molar-refractivity contribution in [3.8, 4) is 0 Å². The molecule has 0 unspecified atom stereocenters. The average molecular weight is 301 g/mol. The van der Waals surface area contributed by atoms with Gasteiger partial charge in [-0.25, -0.2) is 5.43 Å². The third-order valence-corrected chi connectivity index (χ3v) is 3.90. The summed E-state index contributed by atoms with van der Waals surface area (Å²) >= 11 is 7.23. The fraction of sp³-hybridized carbons (Fsp3) is 0.571. The number of hydrazone groups is 1. The van der Waals surface area contributed by atoms with Crippen molar-refractivity contribution in [3.63, 3.8) is 0 Å². The van der Waals surface area contributed by atoms with Crippen LogP contribution in [0.4, 0.5) is 0 Å². The molecule has 1 aromatic heterocycles. The molecule has 1 N–H and O–H groups in total. The molecule has 0 radical (unpaired) electrons. The maximum atomic E-state index is 11.5. The summed E-state index contributed by atoms with van der Waals surface area (Å²) in [6.07, 6.45) is 9.27. The predicted molar refractivity (Wildman–Crippen MR) is 83.1 cm³/mol. The Bertz CT molecular complexity index is 404. The normalized spacial score (nSPS) is 11.1. The summed E-state index contributed by atoms with van der Waals surface area (Å²) in [6.45, 7) is 2.20. The number of nitrogens with one attached hydrogen (secondary N) is 1. The van der Waals surface area contributed by atoms with Crippen LogP contribution in [0.25, 0.3) is 0 Å². The molecule has 3 nitrogen and oxygen atoms in total. The Balaban J connectivity index is 2.06. The minimum absolute atomic E-state index is 0.0191. The van der Waals surface area contributed by atoms with Gasteiger partial charge in [0.15, 0.2) is 0 Å². The Morgan fingerprint density at radius 1 is 1.32 bits per heavy atom. The van der Waals surface area contributed by atoms with Crippen molar-refractivity contribution in [2.45, 2.75) is 51.9 Å². The van der Waals surface area contributed by atoms with Gasteiger partial charge in [0, 0.05) is 11.3 Å². The van der Waals surface area contributed by atoms with Gasteiger partial charge >= 0.3 is 0 Å². The summed E-state index contributed by atoms with van der Waals surface area (Å²) in [4.78, 5) is 12.4. The van der Waals surface area contributed by atoms with Crippen LogP contribution in [0.2, 0.25) is 4.34 Å². The van der Waals surface area contributed by atoms with E-state index in [1.807, 2.05) is 12.1 Å². The minimum Gasteiger partial charge on any atom is -0.273 e. The van der Waals surface area contributed by atoms with Gasteiger partial charge in [0.2, 0.25) is 5.91 Å². The lowest BCUT2D eigenvalue weighted by Gasteiger charge is -2.00. The standard InChI is InChI=1S/C14H21ClN2OS/c1-2-3-4-5-6-7-8-14(18)17-16-11-12-9-10-13(15)19-12/h9-11H,2-8H2,1H3,(H,17,18)/b16-11+. The quantitative estimate of drug-likeness (QED) is 0.404. The lowest BCUT2D eigenvalue weighted by molar-refractivity contribution is -0.121. The van der Waals surface area contributed by atoms with E-state index in [1.54, 1.807) is 6.21 Å². The van der Waals surface area contributed by atoms with Gasteiger partial charge < -0.3 is 0 Å². The van der Waals surface area contributed by atoms with E-state index in [0.29, 0.717) is 6.42 Å². The van der Waals surface area contributed by atoms with Crippen molar-refractivity contribution >= 4 is 35.1 Å². The van der Waals surface area contributed by atoms with E-state index >= 15 is 0 Å². The van der Waals surface area contributed by atoms with Crippen LogP contribution in [-0.4, -0.2) is 12.1 Å². The number of carbonyl (C=O) groups excluding carboxylic acids is 1. The van der Waals surface area contributed by atoms with E-state index in [0.717, 1.165) is 22.1 Å². The van der Waals surface area contributed by atoms with Crippen molar-refractivity contribution in [1.29, 1.82) is 0 Å². The number of carbonyl (C=O) groups is 1. The third-order valence-electron chi connectivity index (χ3n) is 2.73. The van der Waals surface area contributed by atoms with Gasteiger partial charge in [0.25, 0.3) is 0 Å². The van der Waals surface area contributed by atoms with Crippen LogP contribution in [0.1, 0.15) is 56.7 Å². The average Bonchev–Trinajstić information content (AvgIpc) is 2.79. The molecule has 1 amide bonds. The van der Waals surface area contributed by atoms with Crippen LogP contribution in [0.15, 0.2) is 17.2 Å². The number of hydrogen-bond donors (Lipinski definition) is 1. The minimum atomic E-state index is -0.0191. The number of halogens is 1. The van der Waals surface area contributed by atoms with E-state index in [1.165, 1.54) is 37.0 Å². The summed E-state index contributed by atoms with van der Waals surface area (Å²) in [5.74, 6) is -0.0191. The lowest BCUT2D eigenvalue weighted by Crippen LogP contribution is -2.16. The first-order valence-electron chi connectivity index (χ1n) is 6.79. The van der Waals surface area contributed by atoms with Gasteiger partial charge in [-0.05, 0) is 18.6 Å². The summed E-state index contributed by atoms with van der Waals surface area (Å²) in [5, 5.41) is 3.91. The molecule has 1 aromatic rings. The molecule has 0 spiro atoms. The number of hydrogen-bond acceptors (Lipinski definition) is 3. The van der Waals surface area contributed by atoms with E-state index in [-0.39, 0.29) is 5.91 Å². The first-order chi connectivity index (χ1) is 9.22. The fourth-order valence-corrected chi connectivity index (χ4v) is 2.62. The highest BCUT2D eigenvalue weighted by molar-refractivity contribution is 7.17. The largest absolute Gasteiger partial charge is 0.273 e. The molecule has 0 bridgehead atoms. The van der Waals surface area contributed by atoms with Crippen LogP contribution < -0.4 is 5.43 Å². The highest BCUT2D eigenvalue weighted by atomic mass is 35.5. The highest BCUT2D eigenvalue weighted by Crippen LogP contribution is 2.19. The molecule has 5 heteroatoms. The highest BCUT2D eigenvalue weighted by Gasteiger charge is 1.99. The number of amides is 1. The zero-order valence-corrected chi connectivity index (χ0v) is 12.9. The van der Waals surface area contributed by atoms with Gasteiger partial charge in [0.1, 0.15) is 0 Å². The van der Waals surface area contributed by atoms with Gasteiger partial charge in [-0.2, -0.15) is 5.10 Å². The second-order valence-electron chi connectivity index (χ2n) is 4.45. The maximum absolute atomic E-state index is 11.5. The molecular weight excluding hydrogens is 280 g/mol. The van der Waals surface area contributed by atoms with Crippen LogP contribution in [-0.2, 0) is 4.79 Å². The molecule has 0 aliphatic carbocycles. The van der Waals surface area contributed by atoms with Gasteiger partial charge in [-0.3, -0.25) is 4.79 Å². The van der Waals surface area contributed by atoms with Crippen LogP contribution in [0, 0.1) is 0 Å². The SMILES string of the molecule is CCCCCCCCC(=O)N/N=C/c1ccc(Cl)s1. The smallest absolute Gasteiger partial charge is 0.240 e. The van der Waals surface area contributed by atoms with Gasteiger partial charge in [-0.15, -0.1) is 11.3 Å².